The van der Waals surface area contributed by atoms with Gasteiger partial charge in [0.2, 0.25) is 0 Å². The third-order valence-electron chi connectivity index (χ3n) is 2.08. The number of halogens is 1. The van der Waals surface area contributed by atoms with Crippen LogP contribution in [0.15, 0.2) is 10.8 Å². The summed E-state index contributed by atoms with van der Waals surface area (Å²) in [5.74, 6) is 1.71. The van der Waals surface area contributed by atoms with Gasteiger partial charge in [-0.1, -0.05) is 36.2 Å². The molecule has 0 saturated heterocycles. The predicted molar refractivity (Wildman–Crippen MR) is 52.3 cm³/mol. The van der Waals surface area contributed by atoms with Gasteiger partial charge in [0.05, 0.1) is 5.69 Å². The lowest BCUT2D eigenvalue weighted by atomic mass is 10.0. The molecule has 0 N–H and O–H groups in total. The third kappa shape index (κ3) is 2.34. The standard InChI is InChI=1S/C9H14BrNO/c1-3-7(2)4-9-8(5-10)11-6-12-9/h6-7H,3-5H2,1-2H3. The van der Waals surface area contributed by atoms with Crippen molar-refractivity contribution in [3.63, 3.8) is 0 Å². The number of rotatable bonds is 4. The van der Waals surface area contributed by atoms with Crippen molar-refractivity contribution in [1.82, 2.24) is 4.98 Å². The summed E-state index contributed by atoms with van der Waals surface area (Å²) in [6.07, 6.45) is 3.70. The average molecular weight is 232 g/mol. The van der Waals surface area contributed by atoms with Crippen LogP contribution in [0, 0.1) is 5.92 Å². The second-order valence-electron chi connectivity index (χ2n) is 3.07. The lowest BCUT2D eigenvalue weighted by Gasteiger charge is -2.05. The highest BCUT2D eigenvalue weighted by Gasteiger charge is 2.09. The summed E-state index contributed by atoms with van der Waals surface area (Å²) in [6, 6.07) is 0. The van der Waals surface area contributed by atoms with E-state index in [9.17, 15) is 0 Å². The van der Waals surface area contributed by atoms with Crippen LogP contribution in [-0.2, 0) is 11.8 Å². The molecule has 2 nitrogen and oxygen atoms in total. The van der Waals surface area contributed by atoms with E-state index < -0.39 is 0 Å². The van der Waals surface area contributed by atoms with Crippen molar-refractivity contribution in [1.29, 1.82) is 0 Å². The molecule has 68 valence electrons. The molecule has 0 aliphatic rings. The molecule has 12 heavy (non-hydrogen) atoms. The normalized spacial score (nSPS) is 13.2. The molecule has 3 heteroatoms. The molecule has 0 aliphatic carbocycles. The quantitative estimate of drug-likeness (QED) is 0.745. The van der Waals surface area contributed by atoms with Crippen LogP contribution in [0.3, 0.4) is 0 Å². The Hall–Kier alpha value is -0.310. The van der Waals surface area contributed by atoms with Gasteiger partial charge in [-0.3, -0.25) is 0 Å². The molecule has 0 spiro atoms. The van der Waals surface area contributed by atoms with Crippen molar-refractivity contribution in [2.24, 2.45) is 5.92 Å². The summed E-state index contributed by atoms with van der Waals surface area (Å²) in [5.41, 5.74) is 1.04. The minimum absolute atomic E-state index is 0.677. The van der Waals surface area contributed by atoms with Gasteiger partial charge in [-0.25, -0.2) is 4.98 Å². The Morgan fingerprint density at radius 3 is 3.00 bits per heavy atom. The van der Waals surface area contributed by atoms with Crippen molar-refractivity contribution in [2.45, 2.75) is 32.0 Å². The minimum atomic E-state index is 0.677. The zero-order valence-electron chi connectivity index (χ0n) is 7.51. The Kier molecular flexibility index (Phi) is 3.79. The number of oxazole rings is 1. The fraction of sp³-hybridized carbons (Fsp3) is 0.667. The second-order valence-corrected chi connectivity index (χ2v) is 3.63. The van der Waals surface area contributed by atoms with Crippen LogP contribution in [0.1, 0.15) is 31.7 Å². The maximum Gasteiger partial charge on any atom is 0.181 e. The molecule has 0 aliphatic heterocycles. The molecule has 1 heterocycles. The molecule has 0 saturated carbocycles. The molecule has 1 atom stereocenters. The Balaban J connectivity index is 2.61. The van der Waals surface area contributed by atoms with Crippen LogP contribution >= 0.6 is 15.9 Å². The highest BCUT2D eigenvalue weighted by molar-refractivity contribution is 9.08. The molecule has 0 fully saturated rings. The second kappa shape index (κ2) is 4.65. The lowest BCUT2D eigenvalue weighted by molar-refractivity contribution is 0.446. The van der Waals surface area contributed by atoms with E-state index in [0.29, 0.717) is 5.92 Å². The number of hydrogen-bond acceptors (Lipinski definition) is 2. The van der Waals surface area contributed by atoms with Crippen molar-refractivity contribution in [2.75, 3.05) is 0 Å². The fourth-order valence-corrected chi connectivity index (χ4v) is 1.49. The van der Waals surface area contributed by atoms with E-state index in [0.717, 1.165) is 23.2 Å². The van der Waals surface area contributed by atoms with Gasteiger partial charge >= 0.3 is 0 Å². The van der Waals surface area contributed by atoms with E-state index in [4.69, 9.17) is 4.42 Å². The van der Waals surface area contributed by atoms with Crippen LogP contribution in [0.4, 0.5) is 0 Å². The fourth-order valence-electron chi connectivity index (χ4n) is 1.03. The molecule has 0 amide bonds. The van der Waals surface area contributed by atoms with E-state index in [-0.39, 0.29) is 0 Å². The molecule has 0 aromatic carbocycles. The van der Waals surface area contributed by atoms with Crippen LogP contribution in [0.2, 0.25) is 0 Å². The van der Waals surface area contributed by atoms with E-state index in [1.54, 1.807) is 0 Å². The van der Waals surface area contributed by atoms with Gasteiger partial charge in [-0.05, 0) is 5.92 Å². The highest BCUT2D eigenvalue weighted by atomic mass is 79.9. The summed E-state index contributed by atoms with van der Waals surface area (Å²) >= 11 is 3.38. The summed E-state index contributed by atoms with van der Waals surface area (Å²) < 4.78 is 5.29. The van der Waals surface area contributed by atoms with Crippen molar-refractivity contribution in [3.05, 3.63) is 17.8 Å². The smallest absolute Gasteiger partial charge is 0.181 e. The van der Waals surface area contributed by atoms with Gasteiger partial charge in [-0.2, -0.15) is 0 Å². The Morgan fingerprint density at radius 1 is 1.67 bits per heavy atom. The van der Waals surface area contributed by atoms with Crippen LogP contribution in [-0.4, -0.2) is 4.98 Å². The first-order valence-corrected chi connectivity index (χ1v) is 5.37. The zero-order valence-corrected chi connectivity index (χ0v) is 9.10. The number of alkyl halides is 1. The topological polar surface area (TPSA) is 26.0 Å². The summed E-state index contributed by atoms with van der Waals surface area (Å²) in [5, 5.41) is 0.787. The van der Waals surface area contributed by atoms with E-state index >= 15 is 0 Å². The number of hydrogen-bond donors (Lipinski definition) is 0. The Morgan fingerprint density at radius 2 is 2.42 bits per heavy atom. The van der Waals surface area contributed by atoms with Crippen LogP contribution in [0.5, 0.6) is 0 Å². The molecule has 0 radical (unpaired) electrons. The van der Waals surface area contributed by atoms with Crippen molar-refractivity contribution >= 4 is 15.9 Å². The minimum Gasteiger partial charge on any atom is -0.448 e. The maximum atomic E-state index is 5.29. The van der Waals surface area contributed by atoms with Crippen LogP contribution in [0.25, 0.3) is 0 Å². The van der Waals surface area contributed by atoms with E-state index in [2.05, 4.69) is 34.8 Å². The molecular weight excluding hydrogens is 218 g/mol. The van der Waals surface area contributed by atoms with Gasteiger partial charge < -0.3 is 4.42 Å². The molecule has 0 bridgehead atoms. The first kappa shape index (κ1) is 9.78. The van der Waals surface area contributed by atoms with Gasteiger partial charge in [0.25, 0.3) is 0 Å². The molecule has 1 rings (SSSR count). The largest absolute Gasteiger partial charge is 0.448 e. The van der Waals surface area contributed by atoms with Crippen LogP contribution < -0.4 is 0 Å². The average Bonchev–Trinajstić information content (AvgIpc) is 2.51. The van der Waals surface area contributed by atoms with Gasteiger partial charge in [0, 0.05) is 11.8 Å². The monoisotopic (exact) mass is 231 g/mol. The third-order valence-corrected chi connectivity index (χ3v) is 2.61. The molecule has 1 aromatic heterocycles. The lowest BCUT2D eigenvalue weighted by Crippen LogP contribution is -1.98. The maximum absolute atomic E-state index is 5.29. The van der Waals surface area contributed by atoms with Gasteiger partial charge in [-0.15, -0.1) is 0 Å². The molecule has 1 aromatic rings. The van der Waals surface area contributed by atoms with Gasteiger partial charge in [0.1, 0.15) is 5.76 Å². The van der Waals surface area contributed by atoms with Crippen molar-refractivity contribution < 1.29 is 4.42 Å². The molecular formula is C9H14BrNO. The zero-order chi connectivity index (χ0) is 8.97. The number of aromatic nitrogens is 1. The predicted octanol–water partition coefficient (Wildman–Crippen LogP) is 3.16. The first-order chi connectivity index (χ1) is 5.77. The van der Waals surface area contributed by atoms with Gasteiger partial charge in [0.15, 0.2) is 6.39 Å². The summed E-state index contributed by atoms with van der Waals surface area (Å²) in [7, 11) is 0. The summed E-state index contributed by atoms with van der Waals surface area (Å²) in [4.78, 5) is 4.11. The van der Waals surface area contributed by atoms with E-state index in [1.165, 1.54) is 12.8 Å². The highest BCUT2D eigenvalue weighted by Crippen LogP contribution is 2.16. The Labute approximate surface area is 81.5 Å². The van der Waals surface area contributed by atoms with Crippen molar-refractivity contribution in [3.8, 4) is 0 Å². The number of nitrogens with zero attached hydrogens (tertiary/aromatic N) is 1. The summed E-state index contributed by atoms with van der Waals surface area (Å²) in [6.45, 7) is 4.41. The Bertz CT molecular complexity index is 234. The first-order valence-electron chi connectivity index (χ1n) is 4.25. The SMILES string of the molecule is CCC(C)Cc1ocnc1CBr. The molecule has 1 unspecified atom stereocenters. The van der Waals surface area contributed by atoms with E-state index in [1.807, 2.05) is 0 Å².